The van der Waals surface area contributed by atoms with Gasteiger partial charge in [0.25, 0.3) is 5.91 Å². The van der Waals surface area contributed by atoms with Crippen molar-refractivity contribution in [2.75, 3.05) is 6.54 Å². The number of rotatable bonds is 8. The molecular formula is C26H24N4O5. The molecule has 2 aromatic carbocycles. The topological polar surface area (TPSA) is 123 Å². The Morgan fingerprint density at radius 3 is 2.51 bits per heavy atom. The number of hydrogen-bond donors (Lipinski definition) is 3. The van der Waals surface area contributed by atoms with Crippen LogP contribution in [0.1, 0.15) is 28.8 Å². The Kier molecular flexibility index (Phi) is 7.70. The number of nitrogens with zero attached hydrogens (tertiary/aromatic N) is 1. The fourth-order valence-corrected chi connectivity index (χ4v) is 3.38. The number of pyridine rings is 1. The molecule has 0 bridgehead atoms. The van der Waals surface area contributed by atoms with Crippen molar-refractivity contribution >= 4 is 28.8 Å². The molecule has 3 N–H and O–H groups in total. The Hall–Kier alpha value is -4.66. The molecule has 0 unspecified atom stereocenters. The minimum absolute atomic E-state index is 0.105. The van der Waals surface area contributed by atoms with Gasteiger partial charge in [0.15, 0.2) is 5.76 Å². The van der Waals surface area contributed by atoms with Gasteiger partial charge >= 0.3 is 6.09 Å². The molecule has 0 aliphatic carbocycles. The minimum atomic E-state index is -0.556. The van der Waals surface area contributed by atoms with Crippen LogP contribution in [0.5, 0.6) is 0 Å². The van der Waals surface area contributed by atoms with Gasteiger partial charge < -0.3 is 14.5 Å². The number of hydrogen-bond acceptors (Lipinski definition) is 6. The highest BCUT2D eigenvalue weighted by Gasteiger charge is 2.15. The molecule has 35 heavy (non-hydrogen) atoms. The summed E-state index contributed by atoms with van der Waals surface area (Å²) in [4.78, 5) is 41.3. The molecule has 0 aliphatic rings. The maximum absolute atomic E-state index is 12.8. The standard InChI is InChI=1S/C26H24N4O5/c31-24(13-6-14-27-26(33)35-17-18-8-2-1-3-9-18)29-30-25(32)20-16-22(23-12-7-15-34-23)28-21-11-5-4-10-19(20)21/h1-5,7-12,15-16H,6,13-14,17H2,(H,27,33)(H,29,31)(H,30,32). The first-order valence-electron chi connectivity index (χ1n) is 11.1. The first-order valence-corrected chi connectivity index (χ1v) is 11.1. The van der Waals surface area contributed by atoms with E-state index in [1.165, 1.54) is 6.26 Å². The number of ether oxygens (including phenoxy) is 1. The molecule has 0 fully saturated rings. The van der Waals surface area contributed by atoms with Crippen molar-refractivity contribution in [3.8, 4) is 11.5 Å². The van der Waals surface area contributed by atoms with Crippen molar-refractivity contribution in [1.82, 2.24) is 21.2 Å². The van der Waals surface area contributed by atoms with Crippen LogP contribution in [0.2, 0.25) is 0 Å². The van der Waals surface area contributed by atoms with E-state index in [1.807, 2.05) is 42.5 Å². The Bertz CT molecular complexity index is 1310. The summed E-state index contributed by atoms with van der Waals surface area (Å²) in [5, 5.41) is 3.24. The van der Waals surface area contributed by atoms with E-state index >= 15 is 0 Å². The molecule has 2 heterocycles. The van der Waals surface area contributed by atoms with Gasteiger partial charge in [-0.05, 0) is 36.2 Å². The van der Waals surface area contributed by atoms with E-state index in [9.17, 15) is 14.4 Å². The summed E-state index contributed by atoms with van der Waals surface area (Å²) in [6.45, 7) is 0.432. The summed E-state index contributed by atoms with van der Waals surface area (Å²) in [6.07, 6.45) is 1.46. The van der Waals surface area contributed by atoms with Gasteiger partial charge in [0.05, 0.1) is 17.3 Å². The van der Waals surface area contributed by atoms with Gasteiger partial charge in [-0.15, -0.1) is 0 Å². The largest absolute Gasteiger partial charge is 0.463 e. The second-order valence-corrected chi connectivity index (χ2v) is 7.64. The summed E-state index contributed by atoms with van der Waals surface area (Å²) in [5.74, 6) is -0.335. The van der Waals surface area contributed by atoms with Crippen LogP contribution < -0.4 is 16.2 Å². The molecule has 0 radical (unpaired) electrons. The van der Waals surface area contributed by atoms with E-state index in [-0.39, 0.29) is 25.5 Å². The second-order valence-electron chi connectivity index (χ2n) is 7.64. The molecular weight excluding hydrogens is 448 g/mol. The van der Waals surface area contributed by atoms with Crippen LogP contribution in [0, 0.1) is 0 Å². The highest BCUT2D eigenvalue weighted by Crippen LogP contribution is 2.25. The highest BCUT2D eigenvalue weighted by molar-refractivity contribution is 6.07. The molecule has 0 aliphatic heterocycles. The Balaban J connectivity index is 1.24. The number of fused-ring (bicyclic) bond motifs is 1. The minimum Gasteiger partial charge on any atom is -0.463 e. The zero-order valence-electron chi connectivity index (χ0n) is 18.8. The van der Waals surface area contributed by atoms with Gasteiger partial charge in [-0.1, -0.05) is 48.5 Å². The number of alkyl carbamates (subject to hydrolysis) is 1. The van der Waals surface area contributed by atoms with E-state index < -0.39 is 12.0 Å². The van der Waals surface area contributed by atoms with Gasteiger partial charge in [0.2, 0.25) is 5.91 Å². The summed E-state index contributed by atoms with van der Waals surface area (Å²) < 4.78 is 10.5. The summed E-state index contributed by atoms with van der Waals surface area (Å²) in [6, 6.07) is 21.7. The number of para-hydroxylation sites is 1. The van der Waals surface area contributed by atoms with Gasteiger partial charge in [0, 0.05) is 18.4 Å². The fraction of sp³-hybridized carbons (Fsp3) is 0.154. The number of hydrazine groups is 1. The van der Waals surface area contributed by atoms with Crippen molar-refractivity contribution in [2.45, 2.75) is 19.4 Å². The molecule has 9 heteroatoms. The predicted octanol–water partition coefficient (Wildman–Crippen LogP) is 3.96. The fourth-order valence-electron chi connectivity index (χ4n) is 3.38. The Morgan fingerprint density at radius 1 is 0.914 bits per heavy atom. The van der Waals surface area contributed by atoms with Gasteiger partial charge in [0.1, 0.15) is 12.3 Å². The van der Waals surface area contributed by atoms with Crippen molar-refractivity contribution in [3.63, 3.8) is 0 Å². The summed E-state index contributed by atoms with van der Waals surface area (Å²) in [5.41, 5.74) is 7.23. The van der Waals surface area contributed by atoms with Gasteiger partial charge in [-0.3, -0.25) is 20.4 Å². The molecule has 0 atom stereocenters. The number of amides is 3. The summed E-state index contributed by atoms with van der Waals surface area (Å²) in [7, 11) is 0. The second kappa shape index (κ2) is 11.5. The van der Waals surface area contributed by atoms with Crippen molar-refractivity contribution in [1.29, 1.82) is 0 Å². The monoisotopic (exact) mass is 472 g/mol. The molecule has 0 spiro atoms. The van der Waals surface area contributed by atoms with E-state index in [4.69, 9.17) is 9.15 Å². The van der Waals surface area contributed by atoms with Crippen LogP contribution in [-0.4, -0.2) is 29.4 Å². The maximum Gasteiger partial charge on any atom is 0.407 e. The van der Waals surface area contributed by atoms with E-state index in [1.54, 1.807) is 30.3 Å². The van der Waals surface area contributed by atoms with Gasteiger partial charge in [-0.25, -0.2) is 9.78 Å². The van der Waals surface area contributed by atoms with Gasteiger partial charge in [-0.2, -0.15) is 0 Å². The molecule has 2 aromatic heterocycles. The van der Waals surface area contributed by atoms with Crippen molar-refractivity contribution in [3.05, 3.63) is 90.2 Å². The first-order chi connectivity index (χ1) is 17.1. The number of furan rings is 1. The highest BCUT2D eigenvalue weighted by atomic mass is 16.5. The molecule has 3 amide bonds. The number of carbonyl (C=O) groups is 3. The lowest BCUT2D eigenvalue weighted by molar-refractivity contribution is -0.121. The quantitative estimate of drug-likeness (QED) is 0.264. The zero-order valence-corrected chi connectivity index (χ0v) is 18.8. The third-order valence-electron chi connectivity index (χ3n) is 5.11. The number of aromatic nitrogens is 1. The van der Waals surface area contributed by atoms with Crippen LogP contribution >= 0.6 is 0 Å². The Morgan fingerprint density at radius 2 is 1.71 bits per heavy atom. The third kappa shape index (κ3) is 6.44. The van der Waals surface area contributed by atoms with Crippen LogP contribution in [0.3, 0.4) is 0 Å². The average Bonchev–Trinajstić information content (AvgIpc) is 3.44. The number of benzene rings is 2. The van der Waals surface area contributed by atoms with Crippen LogP contribution in [0.4, 0.5) is 4.79 Å². The lowest BCUT2D eigenvalue weighted by Gasteiger charge is -2.11. The van der Waals surface area contributed by atoms with E-state index in [0.29, 0.717) is 34.3 Å². The smallest absolute Gasteiger partial charge is 0.407 e. The lowest BCUT2D eigenvalue weighted by Crippen LogP contribution is -2.42. The van der Waals surface area contributed by atoms with Crippen LogP contribution in [-0.2, 0) is 16.1 Å². The predicted molar refractivity (Wildman–Crippen MR) is 129 cm³/mol. The lowest BCUT2D eigenvalue weighted by atomic mass is 10.1. The number of carbonyl (C=O) groups excluding carboxylic acids is 3. The molecule has 178 valence electrons. The molecule has 0 saturated heterocycles. The zero-order chi connectivity index (χ0) is 24.5. The molecule has 9 nitrogen and oxygen atoms in total. The van der Waals surface area contributed by atoms with E-state index in [0.717, 1.165) is 5.56 Å². The van der Waals surface area contributed by atoms with Crippen LogP contribution in [0.25, 0.3) is 22.4 Å². The third-order valence-corrected chi connectivity index (χ3v) is 5.11. The SMILES string of the molecule is O=C(CCCNC(=O)OCc1ccccc1)NNC(=O)c1cc(-c2ccco2)nc2ccccc12. The Labute approximate surface area is 201 Å². The van der Waals surface area contributed by atoms with Crippen molar-refractivity contribution in [2.24, 2.45) is 0 Å². The molecule has 4 rings (SSSR count). The van der Waals surface area contributed by atoms with Crippen LogP contribution in [0.15, 0.2) is 83.5 Å². The van der Waals surface area contributed by atoms with Crippen molar-refractivity contribution < 1.29 is 23.5 Å². The number of nitrogens with one attached hydrogen (secondary N) is 3. The maximum atomic E-state index is 12.8. The normalized spacial score (nSPS) is 10.5. The average molecular weight is 473 g/mol. The molecule has 0 saturated carbocycles. The van der Waals surface area contributed by atoms with E-state index in [2.05, 4.69) is 21.2 Å². The molecule has 4 aromatic rings. The first kappa shape index (κ1) is 23.5. The summed E-state index contributed by atoms with van der Waals surface area (Å²) >= 11 is 0.